The minimum atomic E-state index is -1.00. The number of fused-ring (bicyclic) bond motifs is 1. The predicted molar refractivity (Wildman–Crippen MR) is 139 cm³/mol. The topological polar surface area (TPSA) is 107 Å². The van der Waals surface area contributed by atoms with Crippen LogP contribution in [0.1, 0.15) is 64.6 Å². The summed E-state index contributed by atoms with van der Waals surface area (Å²) in [5, 5.41) is 15.8. The highest BCUT2D eigenvalue weighted by atomic mass is 16.5. The molecule has 9 nitrogen and oxygen atoms in total. The lowest BCUT2D eigenvalue weighted by Crippen LogP contribution is -2.51. The Morgan fingerprint density at radius 1 is 1.20 bits per heavy atom. The number of carboxylic acids is 1. The van der Waals surface area contributed by atoms with Gasteiger partial charge in [-0.2, -0.15) is 0 Å². The highest BCUT2D eigenvalue weighted by molar-refractivity contribution is 5.82. The third-order valence-corrected chi connectivity index (χ3v) is 6.42. The molecule has 1 aromatic rings. The Bertz CT molecular complexity index is 789. The number of nitrogens with one attached hydrogen (secondary N) is 2. The number of hydrogen-bond donors (Lipinski definition) is 3. The van der Waals surface area contributed by atoms with Gasteiger partial charge in [0.15, 0.2) is 0 Å². The molecule has 2 heterocycles. The molecule has 0 saturated carbocycles. The van der Waals surface area contributed by atoms with Crippen molar-refractivity contribution in [1.82, 2.24) is 20.1 Å². The van der Waals surface area contributed by atoms with Gasteiger partial charge in [0, 0.05) is 44.5 Å². The molecule has 35 heavy (non-hydrogen) atoms. The van der Waals surface area contributed by atoms with E-state index in [-0.39, 0.29) is 12.1 Å². The van der Waals surface area contributed by atoms with Crippen molar-refractivity contribution in [3.05, 3.63) is 23.4 Å². The standard InChI is InChI=1S/C26H45N5O4/c1-5-31(20(3)4)26(34)29-23(25(32)33)14-17-30(18-19-35-6-2)16-8-7-11-22-13-12-21-10-9-15-27-24(21)28-22/h12-13,20,23H,5-11,14-19H2,1-4H3,(H,27,28)(H,29,34)(H,32,33). The van der Waals surface area contributed by atoms with Crippen molar-refractivity contribution in [2.75, 3.05) is 51.3 Å². The van der Waals surface area contributed by atoms with Gasteiger partial charge in [0.1, 0.15) is 11.9 Å². The molecule has 0 bridgehead atoms. The quantitative estimate of drug-likeness (QED) is 0.304. The fraction of sp³-hybridized carbons (Fsp3) is 0.731. The molecule has 1 unspecified atom stereocenters. The van der Waals surface area contributed by atoms with Gasteiger partial charge in [0.25, 0.3) is 0 Å². The minimum Gasteiger partial charge on any atom is -0.480 e. The van der Waals surface area contributed by atoms with Crippen LogP contribution in [0.4, 0.5) is 10.6 Å². The Morgan fingerprint density at radius 3 is 2.69 bits per heavy atom. The van der Waals surface area contributed by atoms with Gasteiger partial charge in [-0.3, -0.25) is 0 Å². The molecule has 0 aromatic carbocycles. The maximum atomic E-state index is 12.5. The molecule has 0 fully saturated rings. The van der Waals surface area contributed by atoms with E-state index in [1.54, 1.807) is 4.90 Å². The van der Waals surface area contributed by atoms with Crippen molar-refractivity contribution < 1.29 is 19.4 Å². The molecule has 1 aromatic heterocycles. The van der Waals surface area contributed by atoms with E-state index in [4.69, 9.17) is 9.72 Å². The van der Waals surface area contributed by atoms with Crippen LogP contribution >= 0.6 is 0 Å². The zero-order chi connectivity index (χ0) is 25.6. The first-order valence-electron chi connectivity index (χ1n) is 13.2. The van der Waals surface area contributed by atoms with Gasteiger partial charge < -0.3 is 30.3 Å². The average Bonchev–Trinajstić information content (AvgIpc) is 2.83. The molecule has 3 N–H and O–H groups in total. The molecule has 9 heteroatoms. The van der Waals surface area contributed by atoms with Crippen molar-refractivity contribution in [3.63, 3.8) is 0 Å². The van der Waals surface area contributed by atoms with Gasteiger partial charge in [0.05, 0.1) is 6.61 Å². The molecular weight excluding hydrogens is 446 g/mol. The van der Waals surface area contributed by atoms with Gasteiger partial charge >= 0.3 is 12.0 Å². The van der Waals surface area contributed by atoms with Crippen LogP contribution in [0.5, 0.6) is 0 Å². The lowest BCUT2D eigenvalue weighted by molar-refractivity contribution is -0.139. The van der Waals surface area contributed by atoms with Crippen LogP contribution in [-0.2, 0) is 22.4 Å². The fourth-order valence-corrected chi connectivity index (χ4v) is 4.37. The van der Waals surface area contributed by atoms with Crippen LogP contribution in [0.2, 0.25) is 0 Å². The largest absolute Gasteiger partial charge is 0.480 e. The summed E-state index contributed by atoms with van der Waals surface area (Å²) in [6.45, 7) is 12.7. The summed E-state index contributed by atoms with van der Waals surface area (Å²) in [6, 6.07) is 3.09. The summed E-state index contributed by atoms with van der Waals surface area (Å²) >= 11 is 0. The van der Waals surface area contributed by atoms with Crippen LogP contribution in [0.15, 0.2) is 12.1 Å². The fourth-order valence-electron chi connectivity index (χ4n) is 4.37. The first kappa shape index (κ1) is 28.8. The Morgan fingerprint density at radius 2 is 2.00 bits per heavy atom. The van der Waals surface area contributed by atoms with Crippen LogP contribution < -0.4 is 10.6 Å². The number of ether oxygens (including phenoxy) is 1. The number of aryl methyl sites for hydroxylation is 2. The Kier molecular flexibility index (Phi) is 12.8. The lowest BCUT2D eigenvalue weighted by atomic mass is 10.1. The molecule has 2 amide bonds. The number of carboxylic acid groups (broad SMARTS) is 1. The molecule has 198 valence electrons. The second kappa shape index (κ2) is 15.6. The Hall–Kier alpha value is -2.39. The number of unbranched alkanes of at least 4 members (excludes halogenated alkanes) is 1. The van der Waals surface area contributed by atoms with Crippen molar-refractivity contribution in [2.45, 2.75) is 78.3 Å². The zero-order valence-corrected chi connectivity index (χ0v) is 22.0. The summed E-state index contributed by atoms with van der Waals surface area (Å²) in [5.41, 5.74) is 2.41. The number of anilines is 1. The SMILES string of the molecule is CCOCCN(CCCCc1ccc2c(n1)NCCC2)CCC(NC(=O)N(CC)C(C)C)C(=O)O. The third-order valence-electron chi connectivity index (χ3n) is 6.42. The smallest absolute Gasteiger partial charge is 0.326 e. The molecule has 1 aliphatic rings. The number of pyridine rings is 1. The molecule has 1 aliphatic heterocycles. The second-order valence-corrected chi connectivity index (χ2v) is 9.35. The average molecular weight is 492 g/mol. The monoisotopic (exact) mass is 491 g/mol. The molecule has 1 atom stereocenters. The van der Waals surface area contributed by atoms with Gasteiger partial charge in [-0.15, -0.1) is 0 Å². The maximum absolute atomic E-state index is 12.5. The number of urea groups is 1. The molecule has 0 radical (unpaired) electrons. The van der Waals surface area contributed by atoms with Crippen LogP contribution in [0.25, 0.3) is 0 Å². The van der Waals surface area contributed by atoms with Crippen LogP contribution in [0.3, 0.4) is 0 Å². The second-order valence-electron chi connectivity index (χ2n) is 9.35. The van der Waals surface area contributed by atoms with Crippen LogP contribution in [-0.4, -0.2) is 89.9 Å². The van der Waals surface area contributed by atoms with E-state index in [1.165, 1.54) is 5.56 Å². The molecule has 2 rings (SSSR count). The molecular formula is C26H45N5O4. The number of hydrogen-bond acceptors (Lipinski definition) is 6. The van der Waals surface area contributed by atoms with E-state index in [1.807, 2.05) is 27.7 Å². The van der Waals surface area contributed by atoms with E-state index < -0.39 is 12.0 Å². The maximum Gasteiger partial charge on any atom is 0.326 e. The van der Waals surface area contributed by atoms with E-state index in [0.29, 0.717) is 32.7 Å². The number of aliphatic carboxylic acids is 1. The predicted octanol–water partition coefficient (Wildman–Crippen LogP) is 3.38. The number of rotatable bonds is 16. The van der Waals surface area contributed by atoms with Gasteiger partial charge in [0.2, 0.25) is 0 Å². The van der Waals surface area contributed by atoms with E-state index in [9.17, 15) is 14.7 Å². The van der Waals surface area contributed by atoms with Crippen molar-refractivity contribution in [2.24, 2.45) is 0 Å². The summed E-state index contributed by atoms with van der Waals surface area (Å²) in [7, 11) is 0. The first-order chi connectivity index (χ1) is 16.8. The third kappa shape index (κ3) is 10.0. The van der Waals surface area contributed by atoms with Crippen molar-refractivity contribution in [3.8, 4) is 0 Å². The number of amides is 2. The molecule has 0 aliphatic carbocycles. The highest BCUT2D eigenvalue weighted by Crippen LogP contribution is 2.20. The minimum absolute atomic E-state index is 0.0116. The number of nitrogens with zero attached hydrogens (tertiary/aromatic N) is 3. The zero-order valence-electron chi connectivity index (χ0n) is 22.0. The summed E-state index contributed by atoms with van der Waals surface area (Å²) in [4.78, 5) is 33.0. The summed E-state index contributed by atoms with van der Waals surface area (Å²) < 4.78 is 5.53. The number of carbonyl (C=O) groups is 2. The number of aromatic nitrogens is 1. The van der Waals surface area contributed by atoms with Crippen LogP contribution in [0, 0.1) is 0 Å². The molecule has 0 saturated heterocycles. The summed E-state index contributed by atoms with van der Waals surface area (Å²) in [5.74, 6) is 0.0305. The van der Waals surface area contributed by atoms with Crippen molar-refractivity contribution in [1.29, 1.82) is 0 Å². The first-order valence-corrected chi connectivity index (χ1v) is 13.2. The molecule has 0 spiro atoms. The van der Waals surface area contributed by atoms with E-state index >= 15 is 0 Å². The Labute approximate surface area is 210 Å². The lowest BCUT2D eigenvalue weighted by Gasteiger charge is -2.28. The van der Waals surface area contributed by atoms with Gasteiger partial charge in [-0.05, 0) is 84.4 Å². The number of carbonyl (C=O) groups excluding carboxylic acids is 1. The van der Waals surface area contributed by atoms with E-state index in [0.717, 1.165) is 63.3 Å². The normalized spacial score (nSPS) is 13.9. The highest BCUT2D eigenvalue weighted by Gasteiger charge is 2.24. The van der Waals surface area contributed by atoms with E-state index in [2.05, 4.69) is 27.7 Å². The Balaban J connectivity index is 1.85. The van der Waals surface area contributed by atoms with Crippen molar-refractivity contribution >= 4 is 17.8 Å². The van der Waals surface area contributed by atoms with Gasteiger partial charge in [-0.25, -0.2) is 14.6 Å². The van der Waals surface area contributed by atoms with Gasteiger partial charge in [-0.1, -0.05) is 6.07 Å². The summed E-state index contributed by atoms with van der Waals surface area (Å²) in [6.07, 6.45) is 5.52.